The van der Waals surface area contributed by atoms with Crippen molar-refractivity contribution in [2.24, 2.45) is 0 Å². The molecule has 0 heterocycles. The van der Waals surface area contributed by atoms with Gasteiger partial charge in [0.15, 0.2) is 0 Å². The molecule has 0 aliphatic heterocycles. The van der Waals surface area contributed by atoms with Crippen LogP contribution in [0.25, 0.3) is 6.08 Å². The molecule has 0 unspecified atom stereocenters. The summed E-state index contributed by atoms with van der Waals surface area (Å²) in [6, 6.07) is 9.75. The van der Waals surface area contributed by atoms with Crippen molar-refractivity contribution in [3.8, 4) is 5.75 Å². The minimum atomic E-state index is -0.500. The van der Waals surface area contributed by atoms with Gasteiger partial charge in [-0.1, -0.05) is 12.1 Å². The minimum Gasteiger partial charge on any atom is -0.496 e. The van der Waals surface area contributed by atoms with Gasteiger partial charge in [0.1, 0.15) is 5.75 Å². The fourth-order valence-corrected chi connectivity index (χ4v) is 2.55. The van der Waals surface area contributed by atoms with Gasteiger partial charge in [-0.2, -0.15) is 0 Å². The number of nitro groups is 1. The van der Waals surface area contributed by atoms with Gasteiger partial charge in [0.05, 0.1) is 22.2 Å². The molecule has 6 nitrogen and oxygen atoms in total. The second kappa shape index (κ2) is 7.74. The van der Waals surface area contributed by atoms with Crippen molar-refractivity contribution in [2.45, 2.75) is 6.92 Å². The maximum atomic E-state index is 12.0. The molecule has 2 rings (SSSR count). The molecule has 0 atom stereocenters. The number of hydrogen-bond acceptors (Lipinski definition) is 4. The SMILES string of the molecule is COc1ccc(C=CC(=O)Nc2cc([N+](=O)[O-])ccc2C)cc1Br. The summed E-state index contributed by atoms with van der Waals surface area (Å²) in [4.78, 5) is 22.3. The maximum absolute atomic E-state index is 12.0. The Morgan fingerprint density at radius 3 is 2.67 bits per heavy atom. The summed E-state index contributed by atoms with van der Waals surface area (Å²) in [7, 11) is 1.57. The zero-order chi connectivity index (χ0) is 17.7. The van der Waals surface area contributed by atoms with Gasteiger partial charge >= 0.3 is 0 Å². The molecular weight excluding hydrogens is 376 g/mol. The number of non-ortho nitro benzene ring substituents is 1. The molecule has 0 aliphatic carbocycles. The third-order valence-electron chi connectivity index (χ3n) is 3.29. The van der Waals surface area contributed by atoms with Crippen LogP contribution in [-0.4, -0.2) is 17.9 Å². The van der Waals surface area contributed by atoms with Gasteiger partial charge < -0.3 is 10.1 Å². The quantitative estimate of drug-likeness (QED) is 0.468. The first-order valence-electron chi connectivity index (χ1n) is 6.98. The number of carbonyl (C=O) groups is 1. The highest BCUT2D eigenvalue weighted by molar-refractivity contribution is 9.10. The van der Waals surface area contributed by atoms with Crippen LogP contribution in [-0.2, 0) is 4.79 Å². The molecule has 0 bridgehead atoms. The lowest BCUT2D eigenvalue weighted by Gasteiger charge is -2.06. The molecule has 1 amide bonds. The molecular formula is C17H15BrN2O4. The predicted octanol–water partition coefficient (Wildman–Crippen LogP) is 4.33. The van der Waals surface area contributed by atoms with E-state index in [0.717, 1.165) is 15.6 Å². The number of nitro benzene ring substituents is 1. The van der Waals surface area contributed by atoms with Crippen molar-refractivity contribution >= 4 is 39.3 Å². The Balaban J connectivity index is 2.12. The van der Waals surface area contributed by atoms with E-state index in [2.05, 4.69) is 21.2 Å². The van der Waals surface area contributed by atoms with Gasteiger partial charge in [-0.25, -0.2) is 0 Å². The number of aryl methyl sites for hydroxylation is 1. The highest BCUT2D eigenvalue weighted by Gasteiger charge is 2.10. The number of hydrogen-bond donors (Lipinski definition) is 1. The largest absolute Gasteiger partial charge is 0.496 e. The molecule has 0 aromatic heterocycles. The lowest BCUT2D eigenvalue weighted by molar-refractivity contribution is -0.384. The van der Waals surface area contributed by atoms with Gasteiger partial charge in [0.25, 0.3) is 5.69 Å². The average molecular weight is 391 g/mol. The van der Waals surface area contributed by atoms with Gasteiger partial charge in [-0.3, -0.25) is 14.9 Å². The normalized spacial score (nSPS) is 10.6. The fraction of sp³-hybridized carbons (Fsp3) is 0.118. The Labute approximate surface area is 147 Å². The Bertz CT molecular complexity index is 818. The number of halogens is 1. The van der Waals surface area contributed by atoms with E-state index in [1.807, 2.05) is 12.1 Å². The summed E-state index contributed by atoms with van der Waals surface area (Å²) in [5.41, 5.74) is 1.90. The van der Waals surface area contributed by atoms with E-state index < -0.39 is 4.92 Å². The fourth-order valence-electron chi connectivity index (χ4n) is 1.99. The van der Waals surface area contributed by atoms with Crippen molar-refractivity contribution in [2.75, 3.05) is 12.4 Å². The third-order valence-corrected chi connectivity index (χ3v) is 3.91. The standard InChI is InChI=1S/C17H15BrN2O4/c1-11-3-6-13(20(22)23)10-15(11)19-17(21)8-5-12-4-7-16(24-2)14(18)9-12/h3-10H,1-2H3,(H,19,21). The number of nitrogens with zero attached hydrogens (tertiary/aromatic N) is 1. The van der Waals surface area contributed by atoms with E-state index in [9.17, 15) is 14.9 Å². The number of carbonyl (C=O) groups excluding carboxylic acids is 1. The van der Waals surface area contributed by atoms with Crippen molar-refractivity contribution in [3.05, 3.63) is 68.2 Å². The lowest BCUT2D eigenvalue weighted by atomic mass is 10.1. The van der Waals surface area contributed by atoms with E-state index in [0.29, 0.717) is 11.4 Å². The van der Waals surface area contributed by atoms with E-state index in [4.69, 9.17) is 4.74 Å². The molecule has 124 valence electrons. The van der Waals surface area contributed by atoms with Crippen molar-refractivity contribution in [1.82, 2.24) is 0 Å². The van der Waals surface area contributed by atoms with Crippen LogP contribution in [0.2, 0.25) is 0 Å². The first kappa shape index (κ1) is 17.7. The molecule has 7 heteroatoms. The summed E-state index contributed by atoms with van der Waals surface area (Å²) in [6.45, 7) is 1.77. The molecule has 1 N–H and O–H groups in total. The molecule has 24 heavy (non-hydrogen) atoms. The second-order valence-corrected chi connectivity index (χ2v) is 5.83. The number of methoxy groups -OCH3 is 1. The van der Waals surface area contributed by atoms with Gasteiger partial charge in [0.2, 0.25) is 5.91 Å². The lowest BCUT2D eigenvalue weighted by Crippen LogP contribution is -2.09. The zero-order valence-corrected chi connectivity index (χ0v) is 14.7. The summed E-state index contributed by atoms with van der Waals surface area (Å²) < 4.78 is 5.92. The van der Waals surface area contributed by atoms with Crippen LogP contribution in [0.1, 0.15) is 11.1 Å². The van der Waals surface area contributed by atoms with Crippen LogP contribution in [0, 0.1) is 17.0 Å². The van der Waals surface area contributed by atoms with Crippen LogP contribution in [0.3, 0.4) is 0 Å². The summed E-state index contributed by atoms with van der Waals surface area (Å²) >= 11 is 3.38. The molecule has 0 fully saturated rings. The number of ether oxygens (including phenoxy) is 1. The van der Waals surface area contributed by atoms with Crippen LogP contribution in [0.15, 0.2) is 46.9 Å². The Morgan fingerprint density at radius 1 is 1.29 bits per heavy atom. The molecule has 0 saturated heterocycles. The number of anilines is 1. The Kier molecular flexibility index (Phi) is 5.70. The molecule has 0 aliphatic rings. The molecule has 0 saturated carbocycles. The predicted molar refractivity (Wildman–Crippen MR) is 96.2 cm³/mol. The van der Waals surface area contributed by atoms with E-state index >= 15 is 0 Å². The van der Waals surface area contributed by atoms with Crippen LogP contribution in [0.5, 0.6) is 5.75 Å². The van der Waals surface area contributed by atoms with Crippen LogP contribution >= 0.6 is 15.9 Å². The molecule has 2 aromatic carbocycles. The Morgan fingerprint density at radius 2 is 2.04 bits per heavy atom. The highest BCUT2D eigenvalue weighted by Crippen LogP contribution is 2.26. The Hall–Kier alpha value is -2.67. The van der Waals surface area contributed by atoms with Crippen molar-refractivity contribution in [1.29, 1.82) is 0 Å². The molecule has 0 spiro atoms. The average Bonchev–Trinajstić information content (AvgIpc) is 2.55. The first-order chi connectivity index (χ1) is 11.4. The van der Waals surface area contributed by atoms with E-state index in [-0.39, 0.29) is 11.6 Å². The van der Waals surface area contributed by atoms with Gasteiger partial charge in [0, 0.05) is 18.2 Å². The number of rotatable bonds is 5. The zero-order valence-electron chi connectivity index (χ0n) is 13.1. The first-order valence-corrected chi connectivity index (χ1v) is 7.77. The number of amides is 1. The monoisotopic (exact) mass is 390 g/mol. The number of nitrogens with one attached hydrogen (secondary N) is 1. The van der Waals surface area contributed by atoms with Gasteiger partial charge in [-0.15, -0.1) is 0 Å². The van der Waals surface area contributed by atoms with E-state index in [1.165, 1.54) is 18.2 Å². The van der Waals surface area contributed by atoms with Crippen LogP contribution < -0.4 is 10.1 Å². The summed E-state index contributed by atoms with van der Waals surface area (Å²) in [6.07, 6.45) is 3.01. The number of benzene rings is 2. The van der Waals surface area contributed by atoms with Crippen LogP contribution in [0.4, 0.5) is 11.4 Å². The van der Waals surface area contributed by atoms with Crippen molar-refractivity contribution < 1.29 is 14.5 Å². The summed E-state index contributed by atoms with van der Waals surface area (Å²) in [5, 5.41) is 13.5. The van der Waals surface area contributed by atoms with Crippen molar-refractivity contribution in [3.63, 3.8) is 0 Å². The third kappa shape index (κ3) is 4.42. The van der Waals surface area contributed by atoms with E-state index in [1.54, 1.807) is 32.2 Å². The maximum Gasteiger partial charge on any atom is 0.271 e. The topological polar surface area (TPSA) is 81.5 Å². The highest BCUT2D eigenvalue weighted by atomic mass is 79.9. The molecule has 0 radical (unpaired) electrons. The molecule has 2 aromatic rings. The second-order valence-electron chi connectivity index (χ2n) is 4.97. The minimum absolute atomic E-state index is 0.0704. The van der Waals surface area contributed by atoms with Gasteiger partial charge in [-0.05, 0) is 52.2 Å². The summed E-state index contributed by atoms with van der Waals surface area (Å²) in [5.74, 6) is 0.328. The smallest absolute Gasteiger partial charge is 0.271 e.